The van der Waals surface area contributed by atoms with Gasteiger partial charge in [-0.05, 0) is 18.8 Å². The predicted octanol–water partition coefficient (Wildman–Crippen LogP) is 0.850. The summed E-state index contributed by atoms with van der Waals surface area (Å²) in [5.74, 6) is 0.0701. The quantitative estimate of drug-likeness (QED) is 0.888. The highest BCUT2D eigenvalue weighted by atomic mass is 19.4. The van der Waals surface area contributed by atoms with Crippen LogP contribution < -0.4 is 5.73 Å². The molecule has 1 unspecified atom stereocenters. The molecule has 1 aliphatic heterocycles. The Hall–Kier alpha value is -1.15. The van der Waals surface area contributed by atoms with E-state index in [1.165, 1.54) is 17.4 Å². The molecule has 1 aromatic rings. The molecule has 0 radical (unpaired) electrons. The molecule has 5 nitrogen and oxygen atoms in total. The van der Waals surface area contributed by atoms with E-state index in [1.54, 1.807) is 0 Å². The maximum Gasteiger partial charge on any atom is 0.451 e. The Labute approximate surface area is 108 Å². The molecular weight excluding hydrogens is 259 g/mol. The Bertz CT molecular complexity index is 465. The zero-order valence-electron chi connectivity index (χ0n) is 10.4. The minimum Gasteiger partial charge on any atom is -0.326 e. The average molecular weight is 275 g/mol. The second kappa shape index (κ2) is 4.45. The lowest BCUT2D eigenvalue weighted by Crippen LogP contribution is -2.43. The third kappa shape index (κ3) is 2.59. The molecule has 0 spiro atoms. The Morgan fingerprint density at radius 2 is 2.00 bits per heavy atom. The SMILES string of the molecule is NC(CN1CCn2c(nnc2C(F)(F)F)C1)C1CC1. The lowest BCUT2D eigenvalue weighted by atomic mass is 10.2. The first-order valence-corrected chi connectivity index (χ1v) is 6.42. The largest absolute Gasteiger partial charge is 0.451 e. The lowest BCUT2D eigenvalue weighted by molar-refractivity contribution is -0.148. The first kappa shape index (κ1) is 12.9. The molecule has 1 atom stereocenters. The summed E-state index contributed by atoms with van der Waals surface area (Å²) in [5, 5.41) is 6.91. The van der Waals surface area contributed by atoms with Crippen LogP contribution in [0.4, 0.5) is 13.2 Å². The van der Waals surface area contributed by atoms with Gasteiger partial charge < -0.3 is 10.3 Å². The molecule has 19 heavy (non-hydrogen) atoms. The number of halogens is 3. The standard InChI is InChI=1S/C11H16F3N5/c12-11(13,14)10-17-16-9-6-18(3-4-19(9)10)5-8(15)7-1-2-7/h7-8H,1-6,15H2. The molecule has 2 aliphatic rings. The summed E-state index contributed by atoms with van der Waals surface area (Å²) in [6, 6.07) is 0.122. The highest BCUT2D eigenvalue weighted by Gasteiger charge is 2.39. The van der Waals surface area contributed by atoms with Crippen molar-refractivity contribution < 1.29 is 13.2 Å². The zero-order valence-corrected chi connectivity index (χ0v) is 10.4. The summed E-state index contributed by atoms with van der Waals surface area (Å²) in [4.78, 5) is 2.06. The van der Waals surface area contributed by atoms with Crippen LogP contribution in [-0.4, -0.2) is 38.8 Å². The minimum absolute atomic E-state index is 0.122. The summed E-state index contributed by atoms with van der Waals surface area (Å²) in [6.45, 7) is 1.95. The Morgan fingerprint density at radius 1 is 1.26 bits per heavy atom. The van der Waals surface area contributed by atoms with Gasteiger partial charge in [-0.25, -0.2) is 0 Å². The molecule has 2 heterocycles. The Balaban J connectivity index is 1.69. The monoisotopic (exact) mass is 275 g/mol. The van der Waals surface area contributed by atoms with Gasteiger partial charge in [0.2, 0.25) is 5.82 Å². The van der Waals surface area contributed by atoms with Gasteiger partial charge in [-0.1, -0.05) is 0 Å². The van der Waals surface area contributed by atoms with Crippen LogP contribution in [0.25, 0.3) is 0 Å². The summed E-state index contributed by atoms with van der Waals surface area (Å²) in [5.41, 5.74) is 6.04. The summed E-state index contributed by atoms with van der Waals surface area (Å²) in [7, 11) is 0. The predicted molar refractivity (Wildman–Crippen MR) is 61.0 cm³/mol. The van der Waals surface area contributed by atoms with Crippen LogP contribution >= 0.6 is 0 Å². The fraction of sp³-hybridized carbons (Fsp3) is 0.818. The number of aromatic nitrogens is 3. The Morgan fingerprint density at radius 3 is 2.63 bits per heavy atom. The van der Waals surface area contributed by atoms with Crippen molar-refractivity contribution >= 4 is 0 Å². The van der Waals surface area contributed by atoms with Gasteiger partial charge in [-0.15, -0.1) is 10.2 Å². The fourth-order valence-electron chi connectivity index (χ4n) is 2.54. The maximum absolute atomic E-state index is 12.7. The van der Waals surface area contributed by atoms with Gasteiger partial charge in [0.25, 0.3) is 0 Å². The van der Waals surface area contributed by atoms with Crippen molar-refractivity contribution in [2.75, 3.05) is 13.1 Å². The van der Waals surface area contributed by atoms with E-state index in [1.807, 2.05) is 0 Å². The van der Waals surface area contributed by atoms with Crippen LogP contribution in [0, 0.1) is 5.92 Å². The number of hydrogen-bond donors (Lipinski definition) is 1. The molecule has 0 saturated heterocycles. The molecule has 3 rings (SSSR count). The minimum atomic E-state index is -4.43. The van der Waals surface area contributed by atoms with E-state index in [0.29, 0.717) is 24.8 Å². The van der Waals surface area contributed by atoms with Crippen LogP contribution in [0.2, 0.25) is 0 Å². The average Bonchev–Trinajstić information content (AvgIpc) is 3.08. The van der Waals surface area contributed by atoms with Gasteiger partial charge in [0.05, 0.1) is 6.54 Å². The molecule has 0 amide bonds. The van der Waals surface area contributed by atoms with Gasteiger partial charge >= 0.3 is 6.18 Å². The molecule has 8 heteroatoms. The first-order valence-electron chi connectivity index (χ1n) is 6.42. The zero-order chi connectivity index (χ0) is 13.6. The topological polar surface area (TPSA) is 60.0 Å². The molecule has 2 N–H and O–H groups in total. The van der Waals surface area contributed by atoms with E-state index in [-0.39, 0.29) is 12.6 Å². The summed E-state index contributed by atoms with van der Waals surface area (Å²) >= 11 is 0. The summed E-state index contributed by atoms with van der Waals surface area (Å²) in [6.07, 6.45) is -2.09. The second-order valence-electron chi connectivity index (χ2n) is 5.33. The third-order valence-corrected chi connectivity index (χ3v) is 3.78. The van der Waals surface area contributed by atoms with Crippen molar-refractivity contribution in [1.29, 1.82) is 0 Å². The van der Waals surface area contributed by atoms with Crippen molar-refractivity contribution in [2.45, 2.75) is 38.1 Å². The van der Waals surface area contributed by atoms with Crippen LogP contribution in [0.3, 0.4) is 0 Å². The van der Waals surface area contributed by atoms with Crippen LogP contribution in [-0.2, 0) is 19.3 Å². The van der Waals surface area contributed by atoms with E-state index in [4.69, 9.17) is 5.73 Å². The lowest BCUT2D eigenvalue weighted by Gasteiger charge is -2.29. The van der Waals surface area contributed by atoms with Crippen molar-refractivity contribution in [3.05, 3.63) is 11.6 Å². The van der Waals surface area contributed by atoms with E-state index < -0.39 is 12.0 Å². The maximum atomic E-state index is 12.7. The van der Waals surface area contributed by atoms with Crippen LogP contribution in [0.5, 0.6) is 0 Å². The number of nitrogens with two attached hydrogens (primary N) is 1. The summed E-state index contributed by atoms with van der Waals surface area (Å²) < 4.78 is 39.2. The molecule has 1 saturated carbocycles. The molecule has 0 aromatic carbocycles. The van der Waals surface area contributed by atoms with Crippen LogP contribution in [0.1, 0.15) is 24.5 Å². The molecular formula is C11H16F3N5. The fourth-order valence-corrected chi connectivity index (χ4v) is 2.54. The van der Waals surface area contributed by atoms with Crippen molar-refractivity contribution in [1.82, 2.24) is 19.7 Å². The highest BCUT2D eigenvalue weighted by molar-refractivity contribution is 5.02. The van der Waals surface area contributed by atoms with E-state index in [2.05, 4.69) is 15.1 Å². The number of alkyl halides is 3. The van der Waals surface area contributed by atoms with E-state index in [9.17, 15) is 13.2 Å². The normalized spacial score (nSPS) is 22.3. The smallest absolute Gasteiger partial charge is 0.326 e. The van der Waals surface area contributed by atoms with Crippen LogP contribution in [0.15, 0.2) is 0 Å². The van der Waals surface area contributed by atoms with E-state index in [0.717, 1.165) is 6.54 Å². The molecule has 1 aromatic heterocycles. The van der Waals surface area contributed by atoms with Crippen molar-refractivity contribution in [2.24, 2.45) is 11.7 Å². The van der Waals surface area contributed by atoms with Gasteiger partial charge in [0.1, 0.15) is 5.82 Å². The van der Waals surface area contributed by atoms with Crippen molar-refractivity contribution in [3.8, 4) is 0 Å². The van der Waals surface area contributed by atoms with Gasteiger partial charge in [-0.2, -0.15) is 13.2 Å². The molecule has 1 fully saturated rings. The number of fused-ring (bicyclic) bond motifs is 1. The second-order valence-corrected chi connectivity index (χ2v) is 5.33. The first-order chi connectivity index (χ1) is 8.95. The van der Waals surface area contributed by atoms with Gasteiger partial charge in [0, 0.05) is 25.7 Å². The Kier molecular flexibility index (Phi) is 3.01. The van der Waals surface area contributed by atoms with Gasteiger partial charge in [0.15, 0.2) is 0 Å². The van der Waals surface area contributed by atoms with E-state index >= 15 is 0 Å². The number of nitrogens with zero attached hydrogens (tertiary/aromatic N) is 4. The van der Waals surface area contributed by atoms with Gasteiger partial charge in [-0.3, -0.25) is 4.90 Å². The highest BCUT2D eigenvalue weighted by Crippen LogP contribution is 2.33. The number of rotatable bonds is 3. The molecule has 106 valence electrons. The number of hydrogen-bond acceptors (Lipinski definition) is 4. The molecule has 1 aliphatic carbocycles. The molecule has 0 bridgehead atoms. The third-order valence-electron chi connectivity index (χ3n) is 3.78. The van der Waals surface area contributed by atoms with Crippen molar-refractivity contribution in [3.63, 3.8) is 0 Å².